The fraction of sp³-hybridized carbons (Fsp3) is 0.611. The van der Waals surface area contributed by atoms with Crippen molar-refractivity contribution in [3.63, 3.8) is 0 Å². The topological polar surface area (TPSA) is 38.3 Å². The van der Waals surface area contributed by atoms with Gasteiger partial charge in [-0.1, -0.05) is 39.3 Å². The van der Waals surface area contributed by atoms with Crippen LogP contribution in [0.1, 0.15) is 62.4 Å². The number of hydrogen-bond acceptors (Lipinski definition) is 3. The van der Waals surface area contributed by atoms with Gasteiger partial charge in [0.1, 0.15) is 5.75 Å². The number of Topliss-reactive ketones (excluding diaryl/α,β-unsaturated/α-hetero) is 1. The first kappa shape index (κ1) is 17.3. The van der Waals surface area contributed by atoms with Crippen molar-refractivity contribution in [3.05, 3.63) is 28.3 Å². The lowest BCUT2D eigenvalue weighted by Crippen LogP contribution is -2.31. The molecule has 1 aliphatic heterocycles. The summed E-state index contributed by atoms with van der Waals surface area (Å²) in [7, 11) is 0. The van der Waals surface area contributed by atoms with Gasteiger partial charge in [-0.2, -0.15) is 0 Å². The molecule has 0 aliphatic carbocycles. The van der Waals surface area contributed by atoms with E-state index in [9.17, 15) is 4.79 Å². The maximum absolute atomic E-state index is 12.8. The average molecular weight is 324 g/mol. The summed E-state index contributed by atoms with van der Waals surface area (Å²) in [5, 5.41) is 3.87. The molecule has 1 unspecified atom stereocenters. The van der Waals surface area contributed by atoms with Crippen LogP contribution in [0.25, 0.3) is 0 Å². The van der Waals surface area contributed by atoms with E-state index in [1.807, 2.05) is 6.07 Å². The number of carbonyl (C=O) groups is 1. The largest absolute Gasteiger partial charge is 0.492 e. The van der Waals surface area contributed by atoms with Gasteiger partial charge in [-0.3, -0.25) is 4.79 Å². The molecule has 4 heteroatoms. The van der Waals surface area contributed by atoms with Crippen LogP contribution in [0.5, 0.6) is 5.75 Å². The first-order chi connectivity index (χ1) is 10.4. The highest BCUT2D eigenvalue weighted by Crippen LogP contribution is 2.35. The summed E-state index contributed by atoms with van der Waals surface area (Å²) in [6.45, 7) is 9.89. The lowest BCUT2D eigenvalue weighted by atomic mass is 9.94. The van der Waals surface area contributed by atoms with E-state index in [1.165, 1.54) is 0 Å². The normalized spacial score (nSPS) is 18.2. The second-order valence-electron chi connectivity index (χ2n) is 6.74. The number of carbonyl (C=O) groups excluding carboxylic acids is 1. The second-order valence-corrected chi connectivity index (χ2v) is 7.18. The van der Waals surface area contributed by atoms with Gasteiger partial charge >= 0.3 is 0 Å². The summed E-state index contributed by atoms with van der Waals surface area (Å²) in [6, 6.07) is 3.56. The molecular formula is C18H26ClNO2. The van der Waals surface area contributed by atoms with Crippen molar-refractivity contribution >= 4 is 17.4 Å². The van der Waals surface area contributed by atoms with Gasteiger partial charge in [0.25, 0.3) is 0 Å². The second kappa shape index (κ2) is 7.47. The number of ether oxygens (including phenoxy) is 1. The van der Waals surface area contributed by atoms with Crippen molar-refractivity contribution in [1.29, 1.82) is 0 Å². The predicted molar refractivity (Wildman–Crippen MR) is 91.2 cm³/mol. The van der Waals surface area contributed by atoms with Crippen molar-refractivity contribution < 1.29 is 9.53 Å². The number of rotatable bonds is 6. The van der Waals surface area contributed by atoms with Gasteiger partial charge in [0.05, 0.1) is 18.2 Å². The molecule has 1 aromatic rings. The van der Waals surface area contributed by atoms with Crippen molar-refractivity contribution in [2.75, 3.05) is 13.2 Å². The first-order valence-electron chi connectivity index (χ1n) is 8.14. The molecule has 1 aromatic carbocycles. The van der Waals surface area contributed by atoms with Crippen molar-refractivity contribution in [2.45, 2.75) is 52.5 Å². The van der Waals surface area contributed by atoms with E-state index < -0.39 is 0 Å². The molecule has 0 spiro atoms. The van der Waals surface area contributed by atoms with Crippen LogP contribution in [0.4, 0.5) is 0 Å². The SMILES string of the molecule is CC(C)COc1c(C(=O)C2CCCN2)cc(Cl)cc1C(C)C. The number of hydrogen-bond donors (Lipinski definition) is 1. The van der Waals surface area contributed by atoms with Crippen LogP contribution < -0.4 is 10.1 Å². The van der Waals surface area contributed by atoms with Gasteiger partial charge in [0.15, 0.2) is 5.78 Å². The van der Waals surface area contributed by atoms with Crippen LogP contribution in [-0.2, 0) is 0 Å². The van der Waals surface area contributed by atoms with Gasteiger partial charge in [-0.25, -0.2) is 0 Å². The molecule has 0 saturated carbocycles. The maximum Gasteiger partial charge on any atom is 0.183 e. The Balaban J connectivity index is 2.42. The maximum atomic E-state index is 12.8. The van der Waals surface area contributed by atoms with Gasteiger partial charge in [-0.15, -0.1) is 0 Å². The third-order valence-electron chi connectivity index (χ3n) is 3.91. The fourth-order valence-corrected chi connectivity index (χ4v) is 2.96. The Morgan fingerprint density at radius 3 is 2.64 bits per heavy atom. The summed E-state index contributed by atoms with van der Waals surface area (Å²) in [6.07, 6.45) is 1.92. The number of nitrogens with one attached hydrogen (secondary N) is 1. The molecule has 122 valence electrons. The lowest BCUT2D eigenvalue weighted by Gasteiger charge is -2.20. The molecule has 2 rings (SSSR count). The molecule has 1 heterocycles. The van der Waals surface area contributed by atoms with Crippen LogP contribution >= 0.6 is 11.6 Å². The minimum atomic E-state index is -0.111. The van der Waals surface area contributed by atoms with Gasteiger partial charge < -0.3 is 10.1 Å². The highest BCUT2D eigenvalue weighted by atomic mass is 35.5. The van der Waals surface area contributed by atoms with Crippen LogP contribution in [0.2, 0.25) is 5.02 Å². The summed E-state index contributed by atoms with van der Waals surface area (Å²) < 4.78 is 6.02. The van der Waals surface area contributed by atoms with Crippen LogP contribution in [0.3, 0.4) is 0 Å². The number of benzene rings is 1. The Kier molecular flexibility index (Phi) is 5.87. The van der Waals surface area contributed by atoms with E-state index in [-0.39, 0.29) is 17.7 Å². The van der Waals surface area contributed by atoms with E-state index >= 15 is 0 Å². The Bertz CT molecular complexity index is 534. The van der Waals surface area contributed by atoms with E-state index in [2.05, 4.69) is 33.0 Å². The van der Waals surface area contributed by atoms with E-state index in [0.717, 1.165) is 24.9 Å². The minimum Gasteiger partial charge on any atom is -0.492 e. The highest BCUT2D eigenvalue weighted by molar-refractivity contribution is 6.31. The standard InChI is InChI=1S/C18H26ClNO2/c1-11(2)10-22-18-14(12(3)4)8-13(19)9-15(18)17(21)16-6-5-7-20-16/h8-9,11-12,16,20H,5-7,10H2,1-4H3. The van der Waals surface area contributed by atoms with Gasteiger partial charge in [0, 0.05) is 5.02 Å². The smallest absolute Gasteiger partial charge is 0.183 e. The zero-order valence-electron chi connectivity index (χ0n) is 13.9. The molecule has 1 N–H and O–H groups in total. The van der Waals surface area contributed by atoms with Gasteiger partial charge in [0.2, 0.25) is 0 Å². The third kappa shape index (κ3) is 4.02. The summed E-state index contributed by atoms with van der Waals surface area (Å²) in [4.78, 5) is 12.8. The highest BCUT2D eigenvalue weighted by Gasteiger charge is 2.28. The molecule has 1 aliphatic rings. The Hall–Kier alpha value is -1.06. The molecule has 0 amide bonds. The summed E-state index contributed by atoms with van der Waals surface area (Å²) >= 11 is 6.25. The van der Waals surface area contributed by atoms with E-state index in [4.69, 9.17) is 16.3 Å². The van der Waals surface area contributed by atoms with Crippen LogP contribution in [0.15, 0.2) is 12.1 Å². The number of halogens is 1. The zero-order valence-corrected chi connectivity index (χ0v) is 14.7. The molecule has 0 radical (unpaired) electrons. The quantitative estimate of drug-likeness (QED) is 0.787. The van der Waals surface area contributed by atoms with E-state index in [0.29, 0.717) is 28.9 Å². The molecule has 1 saturated heterocycles. The average Bonchev–Trinajstić information content (AvgIpc) is 2.98. The molecule has 22 heavy (non-hydrogen) atoms. The fourth-order valence-electron chi connectivity index (χ4n) is 2.73. The molecular weight excluding hydrogens is 298 g/mol. The predicted octanol–water partition coefficient (Wildman–Crippen LogP) is 4.43. The lowest BCUT2D eigenvalue weighted by molar-refractivity contribution is 0.0947. The molecule has 0 aromatic heterocycles. The van der Waals surface area contributed by atoms with Crippen molar-refractivity contribution in [2.24, 2.45) is 5.92 Å². The summed E-state index contributed by atoms with van der Waals surface area (Å²) in [5.74, 6) is 1.47. The Morgan fingerprint density at radius 2 is 2.09 bits per heavy atom. The number of ketones is 1. The third-order valence-corrected chi connectivity index (χ3v) is 4.13. The first-order valence-corrected chi connectivity index (χ1v) is 8.51. The molecule has 0 bridgehead atoms. The molecule has 3 nitrogen and oxygen atoms in total. The van der Waals surface area contributed by atoms with E-state index in [1.54, 1.807) is 6.07 Å². The molecule has 1 fully saturated rings. The van der Waals surface area contributed by atoms with Gasteiger partial charge in [-0.05, 0) is 48.9 Å². The monoisotopic (exact) mass is 323 g/mol. The van der Waals surface area contributed by atoms with Crippen LogP contribution in [-0.4, -0.2) is 25.0 Å². The summed E-state index contributed by atoms with van der Waals surface area (Å²) in [5.41, 5.74) is 1.63. The Labute approximate surface area is 138 Å². The zero-order chi connectivity index (χ0) is 16.3. The Morgan fingerprint density at radius 1 is 1.36 bits per heavy atom. The molecule has 1 atom stereocenters. The van der Waals surface area contributed by atoms with Crippen molar-refractivity contribution in [1.82, 2.24) is 5.32 Å². The van der Waals surface area contributed by atoms with Crippen molar-refractivity contribution in [3.8, 4) is 5.75 Å². The minimum absolute atomic E-state index is 0.0978. The van der Waals surface area contributed by atoms with Crippen LogP contribution in [0, 0.1) is 5.92 Å².